The molecular formula is C17H15FN2O4. The van der Waals surface area contributed by atoms with E-state index < -0.39 is 11.4 Å². The normalized spacial score (nSPS) is 10.9. The second-order valence-electron chi connectivity index (χ2n) is 5.19. The van der Waals surface area contributed by atoms with Crippen molar-refractivity contribution in [3.05, 3.63) is 52.6 Å². The number of fused-ring (bicyclic) bond motifs is 1. The van der Waals surface area contributed by atoms with E-state index in [2.05, 4.69) is 4.98 Å². The number of pyridine rings is 1. The maximum absolute atomic E-state index is 13.4. The van der Waals surface area contributed by atoms with Gasteiger partial charge in [0.1, 0.15) is 12.4 Å². The molecule has 2 aromatic carbocycles. The Bertz CT molecular complexity index is 969. The lowest BCUT2D eigenvalue weighted by molar-refractivity contribution is 0.332. The predicted octanol–water partition coefficient (Wildman–Crippen LogP) is 2.08. The molecule has 0 saturated carbocycles. The Morgan fingerprint density at radius 3 is 2.58 bits per heavy atom. The highest BCUT2D eigenvalue weighted by atomic mass is 19.1. The van der Waals surface area contributed by atoms with Gasteiger partial charge in [0.25, 0.3) is 5.56 Å². The molecule has 1 aromatic heterocycles. The summed E-state index contributed by atoms with van der Waals surface area (Å²) in [6.07, 6.45) is 0. The molecule has 0 saturated heterocycles. The molecule has 0 aliphatic carbocycles. The lowest BCUT2D eigenvalue weighted by atomic mass is 10.0. The van der Waals surface area contributed by atoms with Crippen molar-refractivity contribution in [2.24, 2.45) is 5.73 Å². The fourth-order valence-corrected chi connectivity index (χ4v) is 2.47. The van der Waals surface area contributed by atoms with Crippen LogP contribution >= 0.6 is 0 Å². The van der Waals surface area contributed by atoms with Crippen LogP contribution in [-0.4, -0.2) is 28.3 Å². The van der Waals surface area contributed by atoms with E-state index in [4.69, 9.17) is 10.5 Å². The van der Waals surface area contributed by atoms with Crippen LogP contribution in [0.15, 0.2) is 41.2 Å². The van der Waals surface area contributed by atoms with Crippen LogP contribution in [0, 0.1) is 5.82 Å². The maximum atomic E-state index is 13.4. The summed E-state index contributed by atoms with van der Waals surface area (Å²) in [5.74, 6) is -0.835. The fourth-order valence-electron chi connectivity index (χ4n) is 2.47. The predicted molar refractivity (Wildman–Crippen MR) is 87.8 cm³/mol. The van der Waals surface area contributed by atoms with Crippen LogP contribution in [-0.2, 0) is 0 Å². The lowest BCUT2D eigenvalue weighted by Crippen LogP contribution is -2.15. The number of aromatic nitrogens is 1. The van der Waals surface area contributed by atoms with Gasteiger partial charge in [-0.15, -0.1) is 0 Å². The number of benzene rings is 2. The zero-order chi connectivity index (χ0) is 17.3. The zero-order valence-electron chi connectivity index (χ0n) is 12.5. The average molecular weight is 330 g/mol. The van der Waals surface area contributed by atoms with Crippen LogP contribution in [0.3, 0.4) is 0 Å². The van der Waals surface area contributed by atoms with Crippen molar-refractivity contribution >= 4 is 10.8 Å². The highest BCUT2D eigenvalue weighted by molar-refractivity contribution is 5.93. The third-order valence-electron chi connectivity index (χ3n) is 3.56. The van der Waals surface area contributed by atoms with Crippen molar-refractivity contribution < 1.29 is 19.3 Å². The minimum atomic E-state index is -0.534. The molecule has 0 unspecified atom stereocenters. The molecule has 0 amide bonds. The molecule has 0 spiro atoms. The zero-order valence-corrected chi connectivity index (χ0v) is 12.5. The fraction of sp³-hybridized carbons (Fsp3) is 0.118. The lowest BCUT2D eigenvalue weighted by Gasteiger charge is -2.14. The molecule has 1 heterocycles. The summed E-state index contributed by atoms with van der Waals surface area (Å²) in [6.45, 7) is 0.442. The van der Waals surface area contributed by atoms with Crippen molar-refractivity contribution in [3.63, 3.8) is 0 Å². The third kappa shape index (κ3) is 2.77. The van der Waals surface area contributed by atoms with Crippen LogP contribution in [0.4, 0.5) is 4.39 Å². The van der Waals surface area contributed by atoms with E-state index in [0.717, 1.165) is 6.07 Å². The number of ether oxygens (including phenoxy) is 1. The topological polar surface area (TPSA) is 109 Å². The number of aromatic amines is 1. The highest BCUT2D eigenvalue weighted by Crippen LogP contribution is 2.37. The molecule has 0 aliphatic rings. The first-order valence-electron chi connectivity index (χ1n) is 7.22. The van der Waals surface area contributed by atoms with Crippen LogP contribution < -0.4 is 16.0 Å². The van der Waals surface area contributed by atoms with Crippen LogP contribution in [0.25, 0.3) is 22.0 Å². The average Bonchev–Trinajstić information content (AvgIpc) is 2.56. The van der Waals surface area contributed by atoms with E-state index in [0.29, 0.717) is 22.4 Å². The van der Waals surface area contributed by atoms with Crippen molar-refractivity contribution in [1.29, 1.82) is 0 Å². The molecule has 0 aliphatic heterocycles. The van der Waals surface area contributed by atoms with E-state index in [-0.39, 0.29) is 30.0 Å². The maximum Gasteiger partial charge on any atom is 0.256 e. The van der Waals surface area contributed by atoms with Gasteiger partial charge in [0, 0.05) is 17.5 Å². The molecule has 3 rings (SSSR count). The molecule has 0 atom stereocenters. The monoisotopic (exact) mass is 330 g/mol. The van der Waals surface area contributed by atoms with Gasteiger partial charge in [-0.1, -0.05) is 0 Å². The van der Waals surface area contributed by atoms with Gasteiger partial charge in [-0.3, -0.25) is 4.79 Å². The van der Waals surface area contributed by atoms with Crippen LogP contribution in [0.1, 0.15) is 0 Å². The Morgan fingerprint density at radius 1 is 1.08 bits per heavy atom. The van der Waals surface area contributed by atoms with E-state index in [9.17, 15) is 19.4 Å². The largest absolute Gasteiger partial charge is 0.504 e. The summed E-state index contributed by atoms with van der Waals surface area (Å²) in [5.41, 5.74) is 5.72. The van der Waals surface area contributed by atoms with Gasteiger partial charge in [-0.2, -0.15) is 0 Å². The number of rotatable bonds is 4. The Hall–Kier alpha value is -3.06. The van der Waals surface area contributed by atoms with Gasteiger partial charge < -0.3 is 25.7 Å². The number of hydrogen-bond donors (Lipinski definition) is 4. The molecule has 6 nitrogen and oxygen atoms in total. The minimum Gasteiger partial charge on any atom is -0.504 e. The molecule has 124 valence electrons. The first kappa shape index (κ1) is 15.8. The number of phenolic OH excluding ortho intramolecular Hbond substituents is 2. The summed E-state index contributed by atoms with van der Waals surface area (Å²) in [4.78, 5) is 14.9. The number of aromatic hydroxyl groups is 2. The minimum absolute atomic E-state index is 0.147. The van der Waals surface area contributed by atoms with Gasteiger partial charge in [0.15, 0.2) is 17.2 Å². The first-order valence-corrected chi connectivity index (χ1v) is 7.22. The number of nitrogens with one attached hydrogen (secondary N) is 1. The molecule has 5 N–H and O–H groups in total. The van der Waals surface area contributed by atoms with Crippen molar-refractivity contribution in [2.75, 3.05) is 13.2 Å². The molecular weight excluding hydrogens is 315 g/mol. The molecule has 0 fully saturated rings. The molecule has 0 bridgehead atoms. The van der Waals surface area contributed by atoms with Gasteiger partial charge >= 0.3 is 0 Å². The number of hydrogen-bond acceptors (Lipinski definition) is 5. The van der Waals surface area contributed by atoms with E-state index in [1.807, 2.05) is 0 Å². The van der Waals surface area contributed by atoms with E-state index >= 15 is 0 Å². The molecule has 7 heteroatoms. The standard InChI is InChI=1S/C17H15FN2O4/c18-10-2-3-11-12(8-10)17(23)20-15(16(11)24-6-5-19)9-1-4-13(21)14(22)7-9/h1-4,7-8,21-22H,5-6,19H2,(H,20,23). The van der Waals surface area contributed by atoms with Gasteiger partial charge in [-0.05, 0) is 36.4 Å². The number of halogens is 1. The SMILES string of the molecule is NCCOc1c(-c2ccc(O)c(O)c2)[nH]c(=O)c2cc(F)ccc12. The summed E-state index contributed by atoms with van der Waals surface area (Å²) < 4.78 is 19.1. The Morgan fingerprint density at radius 2 is 1.88 bits per heavy atom. The summed E-state index contributed by atoms with van der Waals surface area (Å²) in [7, 11) is 0. The number of nitrogens with two attached hydrogens (primary N) is 1. The molecule has 3 aromatic rings. The molecule has 24 heavy (non-hydrogen) atoms. The highest BCUT2D eigenvalue weighted by Gasteiger charge is 2.16. The Kier molecular flexibility index (Phi) is 4.09. The van der Waals surface area contributed by atoms with Gasteiger partial charge in [-0.25, -0.2) is 4.39 Å². The second kappa shape index (κ2) is 6.21. The molecule has 0 radical (unpaired) electrons. The number of phenols is 2. The van der Waals surface area contributed by atoms with E-state index in [1.165, 1.54) is 30.3 Å². The first-order chi connectivity index (χ1) is 11.5. The Balaban J connectivity index is 2.31. The van der Waals surface area contributed by atoms with Crippen molar-refractivity contribution in [2.45, 2.75) is 0 Å². The smallest absolute Gasteiger partial charge is 0.256 e. The van der Waals surface area contributed by atoms with Crippen molar-refractivity contribution in [1.82, 2.24) is 4.98 Å². The Labute approximate surface area is 135 Å². The second-order valence-corrected chi connectivity index (χ2v) is 5.19. The third-order valence-corrected chi connectivity index (χ3v) is 3.56. The summed E-state index contributed by atoms with van der Waals surface area (Å²) >= 11 is 0. The van der Waals surface area contributed by atoms with Gasteiger partial charge in [0.05, 0.1) is 11.1 Å². The van der Waals surface area contributed by atoms with E-state index in [1.54, 1.807) is 0 Å². The quantitative estimate of drug-likeness (QED) is 0.548. The summed E-state index contributed by atoms with van der Waals surface area (Å²) in [5, 5.41) is 19.7. The van der Waals surface area contributed by atoms with Gasteiger partial charge in [0.2, 0.25) is 0 Å². The van der Waals surface area contributed by atoms with Crippen LogP contribution in [0.5, 0.6) is 17.2 Å². The van der Waals surface area contributed by atoms with Crippen molar-refractivity contribution in [3.8, 4) is 28.5 Å². The summed E-state index contributed by atoms with van der Waals surface area (Å²) in [6, 6.07) is 7.92. The number of H-pyrrole nitrogens is 1. The van der Waals surface area contributed by atoms with Crippen LogP contribution in [0.2, 0.25) is 0 Å².